The number of primary amides is 3. The van der Waals surface area contributed by atoms with Crippen molar-refractivity contribution in [1.82, 2.24) is 0 Å². The molecule has 14 nitrogen and oxygen atoms in total. The van der Waals surface area contributed by atoms with E-state index in [2.05, 4.69) is 10.6 Å². The van der Waals surface area contributed by atoms with Gasteiger partial charge < -0.3 is 33.6 Å². The first-order valence-corrected chi connectivity index (χ1v) is 23.5. The van der Waals surface area contributed by atoms with Gasteiger partial charge in [0.25, 0.3) is 28.2 Å². The Bertz CT molecular complexity index is 1980. The van der Waals surface area contributed by atoms with Gasteiger partial charge in [0.1, 0.15) is 6.42 Å². The molecule has 0 radical (unpaired) electrons. The molecule has 0 heterocycles. The van der Waals surface area contributed by atoms with Crippen LogP contribution in [0, 0.1) is 32.1 Å². The van der Waals surface area contributed by atoms with Crippen LogP contribution in [-0.4, -0.2) is 45.8 Å². The molecule has 0 bridgehead atoms. The van der Waals surface area contributed by atoms with Crippen molar-refractivity contribution in [3.05, 3.63) is 65.5 Å². The van der Waals surface area contributed by atoms with Crippen molar-refractivity contribution in [3.63, 3.8) is 0 Å². The number of carbonyl (C=O) groups is 8. The molecule has 0 fully saturated rings. The molecule has 0 aromatic heterocycles. The van der Waals surface area contributed by atoms with E-state index in [0.29, 0.717) is 27.1 Å². The molecule has 0 aliphatic heterocycles. The Morgan fingerprint density at radius 3 is 1.06 bits per heavy atom. The Labute approximate surface area is 432 Å². The van der Waals surface area contributed by atoms with Crippen molar-refractivity contribution < 1.29 is 38.4 Å². The molecule has 10 N–H and O–H groups in total. The number of Topliss-reactive ketones (excluding diaryl/α,β-unsaturated/α-hetero) is 1. The largest absolute Gasteiger partial charge is 0.397 e. The Balaban J connectivity index is 0.000000505. The summed E-state index contributed by atoms with van der Waals surface area (Å²) in [6.45, 7) is 1.32. The van der Waals surface area contributed by atoms with Crippen LogP contribution in [0.3, 0.4) is 0 Å². The number of rotatable bonds is 10. The smallest absolute Gasteiger partial charge is 0.254 e. The van der Waals surface area contributed by atoms with Crippen LogP contribution in [0.15, 0.2) is 0 Å². The molecule has 3 aromatic rings. The fraction of sp³-hybridized carbons (Fsp3) is 0.0714. The van der Waals surface area contributed by atoms with E-state index in [0.717, 1.165) is 0 Å². The second kappa shape index (κ2) is 21.3. The SMILES string of the molecule is CC(=O)c1c(I)c(NC(=O)CC(=O)Nc2c(I)c(C(N)=O)c(I)c(C(=O)Cl)c2I)c(I)c(C(N)=O)c1I.NC(=O)c1c(I)c(N)c(I)c(C(=O)Cl)c1I. The Hall–Kier alpha value is 0.970. The third-order valence-corrected chi connectivity index (χ3v) is 16.5. The van der Waals surface area contributed by atoms with E-state index in [1.54, 1.807) is 67.8 Å². The highest BCUT2D eigenvalue weighted by Gasteiger charge is 2.29. The number of nitrogens with one attached hydrogen (secondary N) is 2. The van der Waals surface area contributed by atoms with Crippen LogP contribution in [0.25, 0.3) is 0 Å². The summed E-state index contributed by atoms with van der Waals surface area (Å²) in [7, 11) is 0. The molecule has 0 aliphatic carbocycles. The summed E-state index contributed by atoms with van der Waals surface area (Å²) in [6.07, 6.45) is -0.673. The lowest BCUT2D eigenvalue weighted by Gasteiger charge is -2.18. The van der Waals surface area contributed by atoms with Crippen LogP contribution in [-0.2, 0) is 9.59 Å². The molecule has 0 spiro atoms. The summed E-state index contributed by atoms with van der Waals surface area (Å²) in [5.74, 6) is -4.09. The van der Waals surface area contributed by atoms with E-state index in [1.165, 1.54) is 6.92 Å². The summed E-state index contributed by atoms with van der Waals surface area (Å²) in [6, 6.07) is 0. The van der Waals surface area contributed by atoms with Gasteiger partial charge in [-0.2, -0.15) is 0 Å². The summed E-state index contributed by atoms with van der Waals surface area (Å²) >= 11 is 27.8. The van der Waals surface area contributed by atoms with Gasteiger partial charge in [-0.1, -0.05) is 0 Å². The minimum absolute atomic E-state index is 0.00380. The Morgan fingerprint density at radius 2 is 0.736 bits per heavy atom. The standard InChI is InChI=1S/C20H11ClI6N4O6.C8H4ClI3N2O2/c1-3(32)6-10(22)8(19(28)36)14(26)16(12(6)24)30-4(33)2-5(34)31-17-13(25)7(18(21)35)11(23)9(15(17)27)20(29)37;9-7(15)1-3(10)2(8(14)16)5(12)6(13)4(1)11/h2H2,1H3,(H2,28,36)(H2,29,37)(H,30,33)(H,31,34);13H2,(H2,14,16). The van der Waals surface area contributed by atoms with Crippen molar-refractivity contribution >= 4 is 289 Å². The summed E-state index contributed by atoms with van der Waals surface area (Å²) in [5, 5.41) is 3.61. The maximum atomic E-state index is 12.8. The maximum Gasteiger partial charge on any atom is 0.254 e. The first-order chi connectivity index (χ1) is 24.3. The van der Waals surface area contributed by atoms with E-state index >= 15 is 0 Å². The Kier molecular flexibility index (Phi) is 20.1. The summed E-state index contributed by atoms with van der Waals surface area (Å²) in [5.41, 5.74) is 23.4. The topological polar surface area (TPSA) is 265 Å². The lowest BCUT2D eigenvalue weighted by Crippen LogP contribution is -2.26. The highest BCUT2D eigenvalue weighted by Crippen LogP contribution is 2.38. The van der Waals surface area contributed by atoms with Gasteiger partial charge in [-0.25, -0.2) is 0 Å². The number of hydrogen-bond donors (Lipinski definition) is 6. The fourth-order valence-electron chi connectivity index (χ4n) is 4.05. The van der Waals surface area contributed by atoms with Gasteiger partial charge in [0.2, 0.25) is 11.8 Å². The molecule has 3 rings (SSSR count). The first-order valence-electron chi connectivity index (χ1n) is 13.1. The number of benzene rings is 3. The first kappa shape index (κ1) is 50.1. The quantitative estimate of drug-likeness (QED) is 0.0383. The predicted molar refractivity (Wildman–Crippen MR) is 276 cm³/mol. The number of carbonyl (C=O) groups excluding carboxylic acids is 8. The monoisotopic (exact) mass is 1780 g/mol. The molecule has 0 aliphatic rings. The second-order valence-electron chi connectivity index (χ2n) is 9.71. The average Bonchev–Trinajstić information content (AvgIpc) is 2.99. The second-order valence-corrected chi connectivity index (χ2v) is 20.1. The molecule has 0 saturated heterocycles. The number of nitrogen functional groups attached to an aromatic ring is 1. The molecule has 53 heavy (non-hydrogen) atoms. The molecular weight excluding hydrogens is 1760 g/mol. The molecule has 5 amide bonds. The van der Waals surface area contributed by atoms with Crippen molar-refractivity contribution in [2.45, 2.75) is 13.3 Å². The Morgan fingerprint density at radius 1 is 0.472 bits per heavy atom. The molecule has 0 saturated carbocycles. The van der Waals surface area contributed by atoms with Crippen LogP contribution in [0.4, 0.5) is 17.1 Å². The average molecular weight is 1780 g/mol. The molecule has 3 aromatic carbocycles. The highest BCUT2D eigenvalue weighted by molar-refractivity contribution is 14.1. The van der Waals surface area contributed by atoms with Crippen LogP contribution in [0.2, 0.25) is 0 Å². The zero-order valence-corrected chi connectivity index (χ0v) is 46.4. The van der Waals surface area contributed by atoms with Crippen LogP contribution >= 0.6 is 227 Å². The van der Waals surface area contributed by atoms with Gasteiger partial charge in [0, 0.05) is 19.8 Å². The summed E-state index contributed by atoms with van der Waals surface area (Å²) in [4.78, 5) is 96.4. The van der Waals surface area contributed by atoms with Gasteiger partial charge in [-0.15, -0.1) is 0 Å². The number of ketones is 1. The minimum atomic E-state index is -0.852. The third-order valence-electron chi connectivity index (χ3n) is 6.32. The van der Waals surface area contributed by atoms with E-state index in [9.17, 15) is 38.4 Å². The van der Waals surface area contributed by atoms with Crippen molar-refractivity contribution in [1.29, 1.82) is 0 Å². The number of amides is 5. The van der Waals surface area contributed by atoms with Crippen LogP contribution in [0.1, 0.15) is 75.5 Å². The van der Waals surface area contributed by atoms with Crippen molar-refractivity contribution in [2.24, 2.45) is 17.2 Å². The number of anilines is 3. The summed E-state index contributed by atoms with van der Waals surface area (Å²) < 4.78 is 3.36. The predicted octanol–water partition coefficient (Wildman–Crippen LogP) is 7.62. The van der Waals surface area contributed by atoms with E-state index < -0.39 is 46.4 Å². The molecule has 0 unspecified atom stereocenters. The zero-order chi connectivity index (χ0) is 41.1. The molecule has 282 valence electrons. The van der Waals surface area contributed by atoms with Gasteiger partial charge in [0.05, 0.1) is 62.7 Å². The van der Waals surface area contributed by atoms with Crippen molar-refractivity contribution in [3.8, 4) is 0 Å². The normalized spacial score (nSPS) is 10.5. The fourth-order valence-corrected chi connectivity index (χ4v) is 18.4. The molecule has 0 atom stereocenters. The van der Waals surface area contributed by atoms with Crippen molar-refractivity contribution in [2.75, 3.05) is 16.4 Å². The number of halogens is 11. The van der Waals surface area contributed by atoms with Crippen LogP contribution in [0.5, 0.6) is 0 Å². The van der Waals surface area contributed by atoms with Gasteiger partial charge in [-0.05, 0) is 233 Å². The van der Waals surface area contributed by atoms with E-state index in [4.69, 9.17) is 46.1 Å². The van der Waals surface area contributed by atoms with E-state index in [1.807, 2.05) is 136 Å². The van der Waals surface area contributed by atoms with Crippen LogP contribution < -0.4 is 33.6 Å². The molecular formula is C28H15Cl2I9N6O8. The zero-order valence-electron chi connectivity index (χ0n) is 25.4. The third kappa shape index (κ3) is 11.6. The highest BCUT2D eigenvalue weighted by atomic mass is 127. The van der Waals surface area contributed by atoms with Gasteiger partial charge in [0.15, 0.2) is 5.78 Å². The number of nitrogens with two attached hydrogens (primary N) is 4. The number of hydrogen-bond acceptors (Lipinski definition) is 9. The van der Waals surface area contributed by atoms with E-state index in [-0.39, 0.29) is 61.2 Å². The van der Waals surface area contributed by atoms with Gasteiger partial charge >= 0.3 is 0 Å². The lowest BCUT2D eigenvalue weighted by molar-refractivity contribution is -0.123. The minimum Gasteiger partial charge on any atom is -0.397 e. The van der Waals surface area contributed by atoms with Gasteiger partial charge in [-0.3, -0.25) is 38.4 Å². The molecule has 25 heteroatoms. The lowest BCUT2D eigenvalue weighted by atomic mass is 10.1. The maximum absolute atomic E-state index is 12.8.